The van der Waals surface area contributed by atoms with Gasteiger partial charge in [-0.15, -0.1) is 6.58 Å². The Labute approximate surface area is 108 Å². The Hall–Kier alpha value is -1.74. The van der Waals surface area contributed by atoms with Crippen LogP contribution in [0.25, 0.3) is 11.0 Å². The van der Waals surface area contributed by atoms with Crippen LogP contribution in [-0.4, -0.2) is 17.0 Å². The molecule has 0 aliphatic rings. The molecular weight excluding hydrogens is 222 g/mol. The van der Waals surface area contributed by atoms with E-state index in [1.165, 1.54) is 11.1 Å². The molecule has 1 unspecified atom stereocenters. The smallest absolute Gasteiger partial charge is 0.0934 e. The maximum Gasteiger partial charge on any atom is 0.0934 e. The minimum Gasteiger partial charge on any atom is -0.313 e. The molecule has 94 valence electrons. The van der Waals surface area contributed by atoms with E-state index >= 15 is 0 Å². The van der Waals surface area contributed by atoms with E-state index in [4.69, 9.17) is 0 Å². The molecule has 0 aliphatic heterocycles. The SMILES string of the molecule is C=C(C)CCC(NC)c1cccc2nccnc12. The minimum absolute atomic E-state index is 0.294. The summed E-state index contributed by atoms with van der Waals surface area (Å²) in [6, 6.07) is 6.45. The van der Waals surface area contributed by atoms with Crippen molar-refractivity contribution in [1.29, 1.82) is 0 Å². The second kappa shape index (κ2) is 5.74. The van der Waals surface area contributed by atoms with Crippen molar-refractivity contribution in [1.82, 2.24) is 15.3 Å². The maximum absolute atomic E-state index is 4.45. The lowest BCUT2D eigenvalue weighted by Crippen LogP contribution is -2.17. The van der Waals surface area contributed by atoms with Crippen molar-refractivity contribution in [3.63, 3.8) is 0 Å². The number of hydrogen-bond acceptors (Lipinski definition) is 3. The number of para-hydroxylation sites is 1. The summed E-state index contributed by atoms with van der Waals surface area (Å²) >= 11 is 0. The highest BCUT2D eigenvalue weighted by atomic mass is 14.9. The van der Waals surface area contributed by atoms with E-state index in [2.05, 4.69) is 34.9 Å². The molecule has 1 aromatic heterocycles. The summed E-state index contributed by atoms with van der Waals surface area (Å²) in [4.78, 5) is 8.80. The summed E-state index contributed by atoms with van der Waals surface area (Å²) in [5.74, 6) is 0. The lowest BCUT2D eigenvalue weighted by atomic mass is 9.98. The standard InChI is InChI=1S/C15H19N3/c1-11(2)7-8-13(16-3)12-5-4-6-14-15(12)18-10-9-17-14/h4-6,9-10,13,16H,1,7-8H2,2-3H3. The van der Waals surface area contributed by atoms with Gasteiger partial charge in [-0.1, -0.05) is 17.7 Å². The molecule has 0 bridgehead atoms. The topological polar surface area (TPSA) is 37.8 Å². The van der Waals surface area contributed by atoms with Gasteiger partial charge in [0.2, 0.25) is 0 Å². The molecule has 0 aliphatic carbocycles. The molecule has 0 amide bonds. The maximum atomic E-state index is 4.45. The fourth-order valence-corrected chi connectivity index (χ4v) is 2.14. The summed E-state index contributed by atoms with van der Waals surface area (Å²) in [5, 5.41) is 3.36. The molecule has 1 heterocycles. The number of allylic oxidation sites excluding steroid dienone is 1. The zero-order valence-electron chi connectivity index (χ0n) is 11.0. The van der Waals surface area contributed by atoms with Gasteiger partial charge in [-0.2, -0.15) is 0 Å². The number of nitrogens with zero attached hydrogens (tertiary/aromatic N) is 2. The second-order valence-corrected chi connectivity index (χ2v) is 4.61. The fourth-order valence-electron chi connectivity index (χ4n) is 2.14. The highest BCUT2D eigenvalue weighted by Gasteiger charge is 2.13. The van der Waals surface area contributed by atoms with Crippen LogP contribution in [0.5, 0.6) is 0 Å². The van der Waals surface area contributed by atoms with Gasteiger partial charge in [0.25, 0.3) is 0 Å². The second-order valence-electron chi connectivity index (χ2n) is 4.61. The van der Waals surface area contributed by atoms with E-state index in [-0.39, 0.29) is 0 Å². The Morgan fingerprint density at radius 1 is 1.33 bits per heavy atom. The zero-order chi connectivity index (χ0) is 13.0. The van der Waals surface area contributed by atoms with Crippen molar-refractivity contribution < 1.29 is 0 Å². The van der Waals surface area contributed by atoms with Crippen molar-refractivity contribution >= 4 is 11.0 Å². The van der Waals surface area contributed by atoms with Crippen molar-refractivity contribution in [3.05, 3.63) is 48.3 Å². The van der Waals surface area contributed by atoms with E-state index in [0.29, 0.717) is 6.04 Å². The molecule has 2 rings (SSSR count). The minimum atomic E-state index is 0.294. The molecule has 18 heavy (non-hydrogen) atoms. The first-order valence-corrected chi connectivity index (χ1v) is 6.23. The third-order valence-corrected chi connectivity index (χ3v) is 3.11. The first kappa shape index (κ1) is 12.7. The van der Waals surface area contributed by atoms with E-state index in [1.807, 2.05) is 19.2 Å². The van der Waals surface area contributed by atoms with Crippen LogP contribution in [0.2, 0.25) is 0 Å². The highest BCUT2D eigenvalue weighted by molar-refractivity contribution is 5.78. The molecule has 0 radical (unpaired) electrons. The van der Waals surface area contributed by atoms with Gasteiger partial charge in [0.05, 0.1) is 11.0 Å². The Morgan fingerprint density at radius 3 is 2.83 bits per heavy atom. The molecule has 1 N–H and O–H groups in total. The van der Waals surface area contributed by atoms with Gasteiger partial charge in [-0.3, -0.25) is 9.97 Å². The van der Waals surface area contributed by atoms with E-state index in [0.717, 1.165) is 23.9 Å². The van der Waals surface area contributed by atoms with Gasteiger partial charge in [-0.05, 0) is 38.4 Å². The van der Waals surface area contributed by atoms with Gasteiger partial charge in [0.15, 0.2) is 0 Å². The number of nitrogens with one attached hydrogen (secondary N) is 1. The van der Waals surface area contributed by atoms with Crippen molar-refractivity contribution in [2.75, 3.05) is 7.05 Å². The van der Waals surface area contributed by atoms with E-state index < -0.39 is 0 Å². The highest BCUT2D eigenvalue weighted by Crippen LogP contribution is 2.25. The van der Waals surface area contributed by atoms with Gasteiger partial charge in [0, 0.05) is 18.4 Å². The van der Waals surface area contributed by atoms with E-state index in [9.17, 15) is 0 Å². The Morgan fingerprint density at radius 2 is 2.11 bits per heavy atom. The molecular formula is C15H19N3. The van der Waals surface area contributed by atoms with Crippen LogP contribution in [0.4, 0.5) is 0 Å². The zero-order valence-corrected chi connectivity index (χ0v) is 11.0. The number of rotatable bonds is 5. The van der Waals surface area contributed by atoms with Gasteiger partial charge < -0.3 is 5.32 Å². The van der Waals surface area contributed by atoms with Crippen molar-refractivity contribution in [2.24, 2.45) is 0 Å². The Kier molecular flexibility index (Phi) is 4.05. The molecule has 0 saturated heterocycles. The third-order valence-electron chi connectivity index (χ3n) is 3.11. The normalized spacial score (nSPS) is 12.6. The van der Waals surface area contributed by atoms with Crippen LogP contribution < -0.4 is 5.32 Å². The molecule has 0 spiro atoms. The molecule has 1 aromatic carbocycles. The van der Waals surface area contributed by atoms with Crippen LogP contribution in [0.3, 0.4) is 0 Å². The Bertz CT molecular complexity index is 543. The van der Waals surface area contributed by atoms with Crippen molar-refractivity contribution in [2.45, 2.75) is 25.8 Å². The molecule has 3 heteroatoms. The van der Waals surface area contributed by atoms with Gasteiger partial charge >= 0.3 is 0 Å². The number of aromatic nitrogens is 2. The predicted octanol–water partition coefficient (Wildman–Crippen LogP) is 3.25. The summed E-state index contributed by atoms with van der Waals surface area (Å²) in [6.45, 7) is 6.03. The largest absolute Gasteiger partial charge is 0.313 e. The first-order valence-electron chi connectivity index (χ1n) is 6.23. The summed E-state index contributed by atoms with van der Waals surface area (Å²) in [5.41, 5.74) is 4.36. The predicted molar refractivity (Wildman–Crippen MR) is 75.4 cm³/mol. The molecule has 2 aromatic rings. The van der Waals surface area contributed by atoms with Crippen molar-refractivity contribution in [3.8, 4) is 0 Å². The molecule has 0 saturated carbocycles. The van der Waals surface area contributed by atoms with E-state index in [1.54, 1.807) is 12.4 Å². The van der Waals surface area contributed by atoms with Gasteiger partial charge in [0.1, 0.15) is 0 Å². The first-order chi connectivity index (χ1) is 8.72. The molecule has 1 atom stereocenters. The summed E-state index contributed by atoms with van der Waals surface area (Å²) < 4.78 is 0. The van der Waals surface area contributed by atoms with Crippen LogP contribution in [-0.2, 0) is 0 Å². The summed E-state index contributed by atoms with van der Waals surface area (Å²) in [6.07, 6.45) is 5.52. The van der Waals surface area contributed by atoms with Gasteiger partial charge in [-0.25, -0.2) is 0 Å². The quantitative estimate of drug-likeness (QED) is 0.817. The number of hydrogen-bond donors (Lipinski definition) is 1. The average Bonchev–Trinajstić information content (AvgIpc) is 2.39. The monoisotopic (exact) mass is 241 g/mol. The van der Waals surface area contributed by atoms with Crippen LogP contribution in [0, 0.1) is 0 Å². The average molecular weight is 241 g/mol. The number of benzene rings is 1. The number of fused-ring (bicyclic) bond motifs is 1. The lowest BCUT2D eigenvalue weighted by Gasteiger charge is -2.17. The fraction of sp³-hybridized carbons (Fsp3) is 0.333. The lowest BCUT2D eigenvalue weighted by molar-refractivity contribution is 0.551. The third kappa shape index (κ3) is 2.74. The Balaban J connectivity index is 2.35. The van der Waals surface area contributed by atoms with Crippen LogP contribution >= 0.6 is 0 Å². The van der Waals surface area contributed by atoms with Crippen LogP contribution in [0.1, 0.15) is 31.4 Å². The molecule has 0 fully saturated rings. The van der Waals surface area contributed by atoms with Crippen LogP contribution in [0.15, 0.2) is 42.7 Å². The molecule has 3 nitrogen and oxygen atoms in total. The summed E-state index contributed by atoms with van der Waals surface area (Å²) in [7, 11) is 1.98.